The number of benzene rings is 2. The van der Waals surface area contributed by atoms with Gasteiger partial charge in [0.2, 0.25) is 5.88 Å². The molecule has 0 aliphatic heterocycles. The van der Waals surface area contributed by atoms with Crippen LogP contribution in [0.2, 0.25) is 0 Å². The van der Waals surface area contributed by atoms with Gasteiger partial charge in [0.1, 0.15) is 12.4 Å². The van der Waals surface area contributed by atoms with Gasteiger partial charge in [0, 0.05) is 22.7 Å². The Bertz CT molecular complexity index is 1250. The predicted molar refractivity (Wildman–Crippen MR) is 104 cm³/mol. The van der Waals surface area contributed by atoms with Gasteiger partial charge >= 0.3 is 0 Å². The highest BCUT2D eigenvalue weighted by Gasteiger charge is 2.24. The van der Waals surface area contributed by atoms with Gasteiger partial charge in [0.25, 0.3) is 6.43 Å². The summed E-state index contributed by atoms with van der Waals surface area (Å²) in [5, 5.41) is 25.6. The fourth-order valence-corrected chi connectivity index (χ4v) is 3.65. The van der Waals surface area contributed by atoms with Crippen LogP contribution in [0.15, 0.2) is 36.5 Å². The highest BCUT2D eigenvalue weighted by Crippen LogP contribution is 2.39. The van der Waals surface area contributed by atoms with Crippen LogP contribution in [0.5, 0.6) is 11.6 Å². The maximum absolute atomic E-state index is 12.8. The lowest BCUT2D eigenvalue weighted by atomic mass is 9.99. The molecule has 2 aromatic carbocycles. The molecule has 0 aliphatic rings. The van der Waals surface area contributed by atoms with E-state index >= 15 is 0 Å². The number of H-pyrrole nitrogens is 1. The summed E-state index contributed by atoms with van der Waals surface area (Å²) in [6.07, 6.45) is -0.839. The van der Waals surface area contributed by atoms with E-state index in [1.165, 1.54) is 4.68 Å². The van der Waals surface area contributed by atoms with Crippen molar-refractivity contribution in [3.63, 3.8) is 0 Å². The van der Waals surface area contributed by atoms with Crippen LogP contribution in [0.25, 0.3) is 21.8 Å². The van der Waals surface area contributed by atoms with E-state index in [1.807, 2.05) is 26.0 Å². The highest BCUT2D eigenvalue weighted by atomic mass is 19.3. The zero-order valence-electron chi connectivity index (χ0n) is 15.8. The quantitative estimate of drug-likeness (QED) is 0.514. The molecule has 2 heterocycles. The van der Waals surface area contributed by atoms with Gasteiger partial charge < -0.3 is 14.8 Å². The maximum atomic E-state index is 12.8. The number of nitriles is 1. The van der Waals surface area contributed by atoms with Crippen LogP contribution in [0.3, 0.4) is 0 Å². The Hall–Kier alpha value is -3.60. The van der Waals surface area contributed by atoms with Crippen LogP contribution in [0.1, 0.15) is 29.7 Å². The molecule has 2 aromatic heterocycles. The molecule has 0 fully saturated rings. The van der Waals surface area contributed by atoms with Gasteiger partial charge in [-0.15, -0.1) is 0 Å². The van der Waals surface area contributed by atoms with Crippen LogP contribution in [-0.4, -0.2) is 32.9 Å². The molecule has 1 atom stereocenters. The molecule has 2 N–H and O–H groups in total. The number of nitrogens with one attached hydrogen (secondary N) is 1. The van der Waals surface area contributed by atoms with Crippen molar-refractivity contribution in [2.24, 2.45) is 0 Å². The summed E-state index contributed by atoms with van der Waals surface area (Å²) in [4.78, 5) is 3.15. The van der Waals surface area contributed by atoms with Crippen molar-refractivity contribution in [1.29, 1.82) is 5.26 Å². The fourth-order valence-electron chi connectivity index (χ4n) is 3.65. The summed E-state index contributed by atoms with van der Waals surface area (Å²) < 4.78 is 32.4. The van der Waals surface area contributed by atoms with E-state index in [4.69, 9.17) is 10.00 Å². The summed E-state index contributed by atoms with van der Waals surface area (Å²) in [6.45, 7) is 2.95. The molecular formula is C21H18F2N4O2. The van der Waals surface area contributed by atoms with Gasteiger partial charge in [-0.3, -0.25) is 0 Å². The molecule has 6 nitrogen and oxygen atoms in total. The molecule has 0 saturated carbocycles. The Morgan fingerprint density at radius 2 is 2.07 bits per heavy atom. The largest absolute Gasteiger partial charge is 0.493 e. The SMILES string of the molecule is Cc1cc(OCC(F)F)c(C(C)n2nc3ccc(C#N)cc3c2O)c2cc[nH]c12. The molecule has 8 heteroatoms. The van der Waals surface area contributed by atoms with Crippen molar-refractivity contribution in [3.8, 4) is 17.7 Å². The molecule has 0 aliphatic carbocycles. The average Bonchev–Trinajstić information content (AvgIpc) is 3.31. The second kappa shape index (κ2) is 7.09. The number of halogens is 2. The number of aromatic hydroxyl groups is 1. The first-order valence-corrected chi connectivity index (χ1v) is 9.03. The zero-order chi connectivity index (χ0) is 20.7. The number of fused-ring (bicyclic) bond motifs is 2. The first kappa shape index (κ1) is 18.7. The third-order valence-electron chi connectivity index (χ3n) is 4.99. The number of aryl methyl sites for hydroxylation is 1. The summed E-state index contributed by atoms with van der Waals surface area (Å²) in [7, 11) is 0. The lowest BCUT2D eigenvalue weighted by Crippen LogP contribution is -2.13. The highest BCUT2D eigenvalue weighted by molar-refractivity contribution is 5.89. The number of ether oxygens (including phenoxy) is 1. The van der Waals surface area contributed by atoms with Crippen molar-refractivity contribution < 1.29 is 18.6 Å². The van der Waals surface area contributed by atoms with Crippen molar-refractivity contribution in [3.05, 3.63) is 53.2 Å². The second-order valence-corrected chi connectivity index (χ2v) is 6.86. The van der Waals surface area contributed by atoms with Crippen molar-refractivity contribution in [1.82, 2.24) is 14.8 Å². The Morgan fingerprint density at radius 3 is 2.79 bits per heavy atom. The van der Waals surface area contributed by atoms with E-state index in [0.29, 0.717) is 27.8 Å². The summed E-state index contributed by atoms with van der Waals surface area (Å²) in [6, 6.07) is 9.92. The van der Waals surface area contributed by atoms with Gasteiger partial charge in [0.15, 0.2) is 0 Å². The van der Waals surface area contributed by atoms with E-state index in [-0.39, 0.29) is 5.88 Å². The fraction of sp³-hybridized carbons (Fsp3) is 0.238. The van der Waals surface area contributed by atoms with Crippen molar-refractivity contribution in [2.75, 3.05) is 6.61 Å². The molecule has 148 valence electrons. The number of hydrogen-bond donors (Lipinski definition) is 2. The summed E-state index contributed by atoms with van der Waals surface area (Å²) >= 11 is 0. The standard InChI is InChI=1S/C21H18F2N4O2/c1-11-7-17(29-10-18(22)23)19(14-5-6-25-20(11)14)12(2)27-21(28)15-8-13(9-24)3-4-16(15)26-27/h3-8,12,18,25,28H,10H2,1-2H3. The molecule has 0 bridgehead atoms. The number of alkyl halides is 2. The van der Waals surface area contributed by atoms with Crippen LogP contribution < -0.4 is 4.74 Å². The van der Waals surface area contributed by atoms with E-state index in [2.05, 4.69) is 10.1 Å². The third-order valence-corrected chi connectivity index (χ3v) is 4.99. The van der Waals surface area contributed by atoms with Crippen LogP contribution in [0, 0.1) is 18.3 Å². The van der Waals surface area contributed by atoms with Crippen LogP contribution >= 0.6 is 0 Å². The Labute approximate surface area is 164 Å². The Kier molecular flexibility index (Phi) is 4.59. The van der Waals surface area contributed by atoms with Crippen LogP contribution in [0.4, 0.5) is 8.78 Å². The molecule has 0 saturated heterocycles. The second-order valence-electron chi connectivity index (χ2n) is 6.86. The molecule has 4 aromatic rings. The van der Waals surface area contributed by atoms with Crippen LogP contribution in [-0.2, 0) is 0 Å². The lowest BCUT2D eigenvalue weighted by Gasteiger charge is -2.20. The lowest BCUT2D eigenvalue weighted by molar-refractivity contribution is 0.0812. The van der Waals surface area contributed by atoms with Gasteiger partial charge in [-0.1, -0.05) is 0 Å². The molecule has 0 amide bonds. The van der Waals surface area contributed by atoms with Gasteiger partial charge in [-0.25, -0.2) is 13.5 Å². The minimum atomic E-state index is -2.61. The predicted octanol–water partition coefficient (Wildman–Crippen LogP) is 4.66. The number of aromatic amines is 1. The monoisotopic (exact) mass is 396 g/mol. The molecule has 29 heavy (non-hydrogen) atoms. The third kappa shape index (κ3) is 3.14. The van der Waals surface area contributed by atoms with Crippen molar-refractivity contribution in [2.45, 2.75) is 26.3 Å². The smallest absolute Gasteiger partial charge is 0.272 e. The van der Waals surface area contributed by atoms with E-state index in [9.17, 15) is 13.9 Å². The minimum Gasteiger partial charge on any atom is -0.493 e. The van der Waals surface area contributed by atoms with Gasteiger partial charge in [0.05, 0.1) is 28.6 Å². The van der Waals surface area contributed by atoms with E-state index < -0.39 is 19.1 Å². The topological polar surface area (TPSA) is 86.9 Å². The normalized spacial score (nSPS) is 12.6. The maximum Gasteiger partial charge on any atom is 0.272 e. The number of nitrogens with zero attached hydrogens (tertiary/aromatic N) is 3. The van der Waals surface area contributed by atoms with Gasteiger partial charge in [-0.2, -0.15) is 10.4 Å². The first-order chi connectivity index (χ1) is 13.9. The number of hydrogen-bond acceptors (Lipinski definition) is 4. The molecule has 0 radical (unpaired) electrons. The minimum absolute atomic E-state index is 0.103. The summed E-state index contributed by atoms with van der Waals surface area (Å²) in [5.41, 5.74) is 3.29. The number of rotatable bonds is 5. The first-order valence-electron chi connectivity index (χ1n) is 9.03. The average molecular weight is 396 g/mol. The molecule has 1 unspecified atom stereocenters. The van der Waals surface area contributed by atoms with Gasteiger partial charge in [-0.05, 0) is 49.7 Å². The Balaban J connectivity index is 1.89. The zero-order valence-corrected chi connectivity index (χ0v) is 15.8. The van der Waals surface area contributed by atoms with E-state index in [1.54, 1.807) is 30.5 Å². The molecule has 4 rings (SSSR count). The Morgan fingerprint density at radius 1 is 1.28 bits per heavy atom. The summed E-state index contributed by atoms with van der Waals surface area (Å²) in [5.74, 6) is 0.216. The number of aromatic nitrogens is 3. The van der Waals surface area contributed by atoms with E-state index in [0.717, 1.165) is 16.5 Å². The van der Waals surface area contributed by atoms with Crippen molar-refractivity contribution >= 4 is 21.8 Å². The molecular weight excluding hydrogens is 378 g/mol. The molecule has 0 spiro atoms.